The van der Waals surface area contributed by atoms with Gasteiger partial charge in [-0.25, -0.2) is 0 Å². The maximum atomic E-state index is 12.1. The third-order valence-electron chi connectivity index (χ3n) is 3.37. The van der Waals surface area contributed by atoms with E-state index in [1.165, 1.54) is 0 Å². The summed E-state index contributed by atoms with van der Waals surface area (Å²) in [5, 5.41) is 3.55. The molecule has 1 aromatic rings. The number of morpholine rings is 1. The summed E-state index contributed by atoms with van der Waals surface area (Å²) in [4.78, 5) is 14.4. The Labute approximate surface area is 152 Å². The molecule has 0 spiro atoms. The van der Waals surface area contributed by atoms with Gasteiger partial charge in [-0.1, -0.05) is 23.2 Å². The maximum Gasteiger partial charge on any atom is 0.251 e. The van der Waals surface area contributed by atoms with Crippen molar-refractivity contribution in [1.29, 1.82) is 0 Å². The molecule has 5 nitrogen and oxygen atoms in total. The molecule has 1 aliphatic rings. The summed E-state index contributed by atoms with van der Waals surface area (Å²) in [6.45, 7) is 6.97. The summed E-state index contributed by atoms with van der Waals surface area (Å²) in [5.41, 5.74) is 0.431. The summed E-state index contributed by atoms with van der Waals surface area (Å²) < 4.78 is 10.6. The van der Waals surface area contributed by atoms with Crippen LogP contribution < -0.4 is 10.1 Å². The van der Waals surface area contributed by atoms with Gasteiger partial charge in [-0.15, -0.1) is 12.4 Å². The second-order valence-corrected chi connectivity index (χ2v) is 5.73. The molecule has 1 N–H and O–H groups in total. The standard InChI is InChI=1S/C15H20Cl2N2O3.ClH/c1-2-22-14-12(16)9-11(10-13(14)17)15(20)18-3-4-19-5-7-21-8-6-19;/h9-10H,2-8H2,1H3,(H,18,20);1H. The first-order chi connectivity index (χ1) is 10.6. The van der Waals surface area contributed by atoms with Crippen molar-refractivity contribution in [2.45, 2.75) is 6.92 Å². The van der Waals surface area contributed by atoms with Gasteiger partial charge in [-0.3, -0.25) is 9.69 Å². The Bertz CT molecular complexity index is 500. The predicted octanol–water partition coefficient (Wildman–Crippen LogP) is 2.88. The quantitative estimate of drug-likeness (QED) is 0.820. The molecule has 0 radical (unpaired) electrons. The highest BCUT2D eigenvalue weighted by molar-refractivity contribution is 6.37. The Hall–Kier alpha value is -0.720. The van der Waals surface area contributed by atoms with Crippen LogP contribution in [0.1, 0.15) is 17.3 Å². The largest absolute Gasteiger partial charge is 0.491 e. The van der Waals surface area contributed by atoms with Crippen molar-refractivity contribution in [3.8, 4) is 5.75 Å². The molecular weight excluding hydrogens is 363 g/mol. The van der Waals surface area contributed by atoms with Crippen molar-refractivity contribution in [1.82, 2.24) is 10.2 Å². The SMILES string of the molecule is CCOc1c(Cl)cc(C(=O)NCCN2CCOCC2)cc1Cl.Cl. The fourth-order valence-electron chi connectivity index (χ4n) is 2.23. The lowest BCUT2D eigenvalue weighted by atomic mass is 10.2. The van der Waals surface area contributed by atoms with Gasteiger partial charge >= 0.3 is 0 Å². The van der Waals surface area contributed by atoms with Crippen LogP contribution in [0.5, 0.6) is 5.75 Å². The number of nitrogens with zero attached hydrogens (tertiary/aromatic N) is 1. The Balaban J connectivity index is 0.00000264. The van der Waals surface area contributed by atoms with Crippen LogP contribution in [0.15, 0.2) is 12.1 Å². The van der Waals surface area contributed by atoms with Gasteiger partial charge in [0.1, 0.15) is 0 Å². The molecule has 1 saturated heterocycles. The van der Waals surface area contributed by atoms with Gasteiger partial charge in [0, 0.05) is 31.7 Å². The first-order valence-electron chi connectivity index (χ1n) is 7.32. The van der Waals surface area contributed by atoms with Crippen molar-refractivity contribution >= 4 is 41.5 Å². The number of amides is 1. The molecule has 23 heavy (non-hydrogen) atoms. The van der Waals surface area contributed by atoms with Gasteiger partial charge < -0.3 is 14.8 Å². The molecule has 0 saturated carbocycles. The molecular formula is C15H21Cl3N2O3. The van der Waals surface area contributed by atoms with Crippen LogP contribution in [0.3, 0.4) is 0 Å². The van der Waals surface area contributed by atoms with Crippen molar-refractivity contribution in [2.24, 2.45) is 0 Å². The van der Waals surface area contributed by atoms with E-state index in [0.717, 1.165) is 32.8 Å². The summed E-state index contributed by atoms with van der Waals surface area (Å²) in [6, 6.07) is 3.14. The minimum atomic E-state index is -0.194. The minimum Gasteiger partial charge on any atom is -0.491 e. The van der Waals surface area contributed by atoms with Crippen LogP contribution in [0, 0.1) is 0 Å². The number of benzene rings is 1. The zero-order chi connectivity index (χ0) is 15.9. The van der Waals surface area contributed by atoms with E-state index >= 15 is 0 Å². The van der Waals surface area contributed by atoms with Gasteiger partial charge in [0.25, 0.3) is 5.91 Å². The molecule has 0 aromatic heterocycles. The zero-order valence-electron chi connectivity index (χ0n) is 12.9. The van der Waals surface area contributed by atoms with Crippen molar-refractivity contribution < 1.29 is 14.3 Å². The van der Waals surface area contributed by atoms with Crippen LogP contribution in [-0.2, 0) is 4.74 Å². The Morgan fingerprint density at radius 3 is 2.48 bits per heavy atom. The van der Waals surface area contributed by atoms with Crippen LogP contribution in [0.25, 0.3) is 0 Å². The normalized spacial score (nSPS) is 14.9. The Kier molecular flexibility index (Phi) is 9.02. The van der Waals surface area contributed by atoms with Gasteiger partial charge in [0.15, 0.2) is 5.75 Å². The smallest absolute Gasteiger partial charge is 0.251 e. The Morgan fingerprint density at radius 2 is 1.91 bits per heavy atom. The molecule has 1 fully saturated rings. The number of carbonyl (C=O) groups excluding carboxylic acids is 1. The van der Waals surface area contributed by atoms with Crippen molar-refractivity contribution in [2.75, 3.05) is 46.0 Å². The van der Waals surface area contributed by atoms with E-state index in [2.05, 4.69) is 10.2 Å². The zero-order valence-corrected chi connectivity index (χ0v) is 15.3. The number of halogens is 3. The van der Waals surface area contributed by atoms with Crippen molar-refractivity contribution in [3.63, 3.8) is 0 Å². The molecule has 1 amide bonds. The summed E-state index contributed by atoms with van der Waals surface area (Å²) in [5.74, 6) is 0.218. The van der Waals surface area contributed by atoms with Gasteiger partial charge in [-0.2, -0.15) is 0 Å². The molecule has 130 valence electrons. The van der Waals surface area contributed by atoms with Crippen LogP contribution in [0.4, 0.5) is 0 Å². The molecule has 0 atom stereocenters. The van der Waals surface area contributed by atoms with Crippen LogP contribution in [0.2, 0.25) is 10.0 Å². The van der Waals surface area contributed by atoms with E-state index in [0.29, 0.717) is 34.5 Å². The molecule has 1 aromatic carbocycles. The fraction of sp³-hybridized carbons (Fsp3) is 0.533. The maximum absolute atomic E-state index is 12.1. The van der Waals surface area contributed by atoms with Gasteiger partial charge in [0.05, 0.1) is 29.9 Å². The Morgan fingerprint density at radius 1 is 1.30 bits per heavy atom. The fourth-order valence-corrected chi connectivity index (χ4v) is 2.82. The lowest BCUT2D eigenvalue weighted by molar-refractivity contribution is 0.0383. The van der Waals surface area contributed by atoms with Gasteiger partial charge in [-0.05, 0) is 19.1 Å². The number of nitrogens with one attached hydrogen (secondary N) is 1. The lowest BCUT2D eigenvalue weighted by Gasteiger charge is -2.26. The van der Waals surface area contributed by atoms with E-state index < -0.39 is 0 Å². The average molecular weight is 384 g/mol. The van der Waals surface area contributed by atoms with E-state index in [9.17, 15) is 4.79 Å². The summed E-state index contributed by atoms with van der Waals surface area (Å²) in [6.07, 6.45) is 0. The molecule has 1 heterocycles. The van der Waals surface area contributed by atoms with E-state index in [-0.39, 0.29) is 18.3 Å². The summed E-state index contributed by atoms with van der Waals surface area (Å²) in [7, 11) is 0. The number of rotatable bonds is 6. The molecule has 8 heteroatoms. The highest BCUT2D eigenvalue weighted by Crippen LogP contribution is 2.34. The van der Waals surface area contributed by atoms with Crippen molar-refractivity contribution in [3.05, 3.63) is 27.7 Å². The van der Waals surface area contributed by atoms with E-state index in [1.54, 1.807) is 12.1 Å². The van der Waals surface area contributed by atoms with E-state index in [1.807, 2.05) is 6.92 Å². The molecule has 0 aliphatic carbocycles. The van der Waals surface area contributed by atoms with E-state index in [4.69, 9.17) is 32.7 Å². The molecule has 0 unspecified atom stereocenters. The van der Waals surface area contributed by atoms with Gasteiger partial charge in [0.2, 0.25) is 0 Å². The molecule has 2 rings (SSSR count). The topological polar surface area (TPSA) is 50.8 Å². The lowest BCUT2D eigenvalue weighted by Crippen LogP contribution is -2.41. The highest BCUT2D eigenvalue weighted by Gasteiger charge is 2.15. The molecule has 0 bridgehead atoms. The predicted molar refractivity (Wildman–Crippen MR) is 94.5 cm³/mol. The number of hydrogen-bond acceptors (Lipinski definition) is 4. The minimum absolute atomic E-state index is 0. The number of ether oxygens (including phenoxy) is 2. The highest BCUT2D eigenvalue weighted by atomic mass is 35.5. The number of carbonyl (C=O) groups is 1. The second-order valence-electron chi connectivity index (χ2n) is 4.91. The summed E-state index contributed by atoms with van der Waals surface area (Å²) >= 11 is 12.2. The first kappa shape index (κ1) is 20.3. The number of hydrogen-bond donors (Lipinski definition) is 1. The average Bonchev–Trinajstić information content (AvgIpc) is 2.51. The molecule has 1 aliphatic heterocycles. The monoisotopic (exact) mass is 382 g/mol. The third kappa shape index (κ3) is 6.01. The van der Waals surface area contributed by atoms with Crippen LogP contribution >= 0.6 is 35.6 Å². The second kappa shape index (κ2) is 10.2. The first-order valence-corrected chi connectivity index (χ1v) is 8.07. The third-order valence-corrected chi connectivity index (χ3v) is 3.93. The van der Waals surface area contributed by atoms with Crippen LogP contribution in [-0.4, -0.2) is 56.8 Å².